The highest BCUT2D eigenvalue weighted by Crippen LogP contribution is 2.34. The molecular formula is C24H25FN2O4. The van der Waals surface area contributed by atoms with Crippen molar-refractivity contribution in [3.05, 3.63) is 71.2 Å². The summed E-state index contributed by atoms with van der Waals surface area (Å²) in [5.41, 5.74) is 1.61. The molecule has 2 aliphatic heterocycles. The van der Waals surface area contributed by atoms with Crippen molar-refractivity contribution in [1.29, 1.82) is 0 Å². The number of benzene rings is 2. The molecule has 162 valence electrons. The lowest BCUT2D eigenvalue weighted by Gasteiger charge is -2.29. The fourth-order valence-corrected chi connectivity index (χ4v) is 3.82. The van der Waals surface area contributed by atoms with Gasteiger partial charge in [0.25, 0.3) is 11.8 Å². The van der Waals surface area contributed by atoms with Crippen LogP contribution in [0.3, 0.4) is 0 Å². The van der Waals surface area contributed by atoms with Gasteiger partial charge in [0.1, 0.15) is 17.3 Å². The van der Waals surface area contributed by atoms with E-state index in [9.17, 15) is 14.0 Å². The first-order chi connectivity index (χ1) is 15.0. The van der Waals surface area contributed by atoms with Gasteiger partial charge in [-0.15, -0.1) is 0 Å². The lowest BCUT2D eigenvalue weighted by atomic mass is 10.0. The van der Waals surface area contributed by atoms with Gasteiger partial charge in [-0.25, -0.2) is 4.39 Å². The first kappa shape index (κ1) is 21.1. The van der Waals surface area contributed by atoms with E-state index >= 15 is 0 Å². The van der Waals surface area contributed by atoms with E-state index in [2.05, 4.69) is 0 Å². The lowest BCUT2D eigenvalue weighted by molar-refractivity contribution is -0.138. The van der Waals surface area contributed by atoms with Crippen molar-refractivity contribution in [3.63, 3.8) is 0 Å². The molecule has 6 nitrogen and oxygen atoms in total. The van der Waals surface area contributed by atoms with Crippen LogP contribution in [-0.4, -0.2) is 54.0 Å². The first-order valence-corrected chi connectivity index (χ1v) is 10.4. The molecule has 0 atom stereocenters. The first-order valence-electron chi connectivity index (χ1n) is 10.4. The van der Waals surface area contributed by atoms with Crippen molar-refractivity contribution in [2.24, 2.45) is 0 Å². The van der Waals surface area contributed by atoms with Gasteiger partial charge in [-0.3, -0.25) is 14.5 Å². The number of carbonyl (C=O) groups is 2. The Morgan fingerprint density at radius 1 is 1.00 bits per heavy atom. The van der Waals surface area contributed by atoms with Gasteiger partial charge in [-0.2, -0.15) is 0 Å². The van der Waals surface area contributed by atoms with E-state index in [-0.39, 0.29) is 12.6 Å². The molecule has 0 bridgehead atoms. The maximum Gasteiger partial charge on any atom is 0.278 e. The van der Waals surface area contributed by atoms with E-state index in [1.807, 2.05) is 18.7 Å². The zero-order chi connectivity index (χ0) is 22.0. The molecule has 1 fully saturated rings. The Morgan fingerprint density at radius 3 is 2.32 bits per heavy atom. The standard InChI is InChI=1S/C24H25FN2O4/c1-16(2)31-19-9-7-17(8-10-19)21-22(26-11-13-30-14-12-26)24(29)27(23(21)28)15-18-5-3-4-6-20(18)25/h3-10,16H,11-15H2,1-2H3. The van der Waals surface area contributed by atoms with Crippen molar-refractivity contribution in [1.82, 2.24) is 9.80 Å². The van der Waals surface area contributed by atoms with Crippen molar-refractivity contribution >= 4 is 17.4 Å². The van der Waals surface area contributed by atoms with Crippen LogP contribution in [0.15, 0.2) is 54.2 Å². The molecule has 0 unspecified atom stereocenters. The summed E-state index contributed by atoms with van der Waals surface area (Å²) >= 11 is 0. The second kappa shape index (κ2) is 8.89. The second-order valence-electron chi connectivity index (χ2n) is 7.80. The number of ether oxygens (including phenoxy) is 2. The van der Waals surface area contributed by atoms with Gasteiger partial charge in [0.05, 0.1) is 31.4 Å². The number of hydrogen-bond acceptors (Lipinski definition) is 5. The molecule has 0 aliphatic carbocycles. The van der Waals surface area contributed by atoms with Crippen molar-refractivity contribution in [3.8, 4) is 5.75 Å². The predicted octanol–water partition coefficient (Wildman–Crippen LogP) is 3.23. The normalized spacial score (nSPS) is 17.2. The molecule has 0 aromatic heterocycles. The van der Waals surface area contributed by atoms with Crippen LogP contribution < -0.4 is 4.74 Å². The molecule has 2 aromatic rings. The largest absolute Gasteiger partial charge is 0.491 e. The highest BCUT2D eigenvalue weighted by atomic mass is 19.1. The summed E-state index contributed by atoms with van der Waals surface area (Å²) in [5, 5.41) is 0. The Balaban J connectivity index is 1.70. The average Bonchev–Trinajstić information content (AvgIpc) is 3.01. The molecule has 2 aromatic carbocycles. The molecule has 31 heavy (non-hydrogen) atoms. The third-order valence-corrected chi connectivity index (χ3v) is 5.27. The van der Waals surface area contributed by atoms with E-state index in [0.717, 1.165) is 4.90 Å². The zero-order valence-electron chi connectivity index (χ0n) is 17.6. The van der Waals surface area contributed by atoms with E-state index in [1.54, 1.807) is 42.5 Å². The maximum atomic E-state index is 14.2. The minimum Gasteiger partial charge on any atom is -0.491 e. The van der Waals surface area contributed by atoms with Crippen LogP contribution in [0.5, 0.6) is 5.75 Å². The van der Waals surface area contributed by atoms with Gasteiger partial charge in [0.2, 0.25) is 0 Å². The van der Waals surface area contributed by atoms with Gasteiger partial charge in [-0.05, 0) is 37.6 Å². The Labute approximate surface area is 180 Å². The van der Waals surface area contributed by atoms with Crippen LogP contribution >= 0.6 is 0 Å². The Morgan fingerprint density at radius 2 is 1.68 bits per heavy atom. The highest BCUT2D eigenvalue weighted by Gasteiger charge is 2.42. The third kappa shape index (κ3) is 4.32. The molecule has 0 saturated carbocycles. The molecule has 0 spiro atoms. The summed E-state index contributed by atoms with van der Waals surface area (Å²) in [4.78, 5) is 29.7. The van der Waals surface area contributed by atoms with Crippen LogP contribution in [0.2, 0.25) is 0 Å². The molecule has 0 radical (unpaired) electrons. The highest BCUT2D eigenvalue weighted by molar-refractivity contribution is 6.35. The van der Waals surface area contributed by atoms with Crippen molar-refractivity contribution < 1.29 is 23.5 Å². The van der Waals surface area contributed by atoms with Crippen LogP contribution in [-0.2, 0) is 20.9 Å². The van der Waals surface area contributed by atoms with Gasteiger partial charge in [0.15, 0.2) is 0 Å². The molecule has 2 amide bonds. The predicted molar refractivity (Wildman–Crippen MR) is 113 cm³/mol. The van der Waals surface area contributed by atoms with Gasteiger partial charge < -0.3 is 14.4 Å². The number of nitrogens with zero attached hydrogens (tertiary/aromatic N) is 2. The Bertz CT molecular complexity index is 1010. The molecule has 0 N–H and O–H groups in total. The number of hydrogen-bond donors (Lipinski definition) is 0. The van der Waals surface area contributed by atoms with Crippen LogP contribution in [0.25, 0.3) is 5.57 Å². The number of morpholine rings is 1. The topological polar surface area (TPSA) is 59.1 Å². The van der Waals surface area contributed by atoms with Crippen molar-refractivity contribution in [2.45, 2.75) is 26.5 Å². The molecule has 1 saturated heterocycles. The molecule has 2 heterocycles. The minimum absolute atomic E-state index is 0.0277. The maximum absolute atomic E-state index is 14.2. The number of imide groups is 1. The monoisotopic (exact) mass is 424 g/mol. The fourth-order valence-electron chi connectivity index (χ4n) is 3.82. The van der Waals surface area contributed by atoms with E-state index in [1.165, 1.54) is 6.07 Å². The summed E-state index contributed by atoms with van der Waals surface area (Å²) < 4.78 is 25.3. The number of rotatable bonds is 6. The average molecular weight is 424 g/mol. The van der Waals surface area contributed by atoms with E-state index in [0.29, 0.717) is 54.4 Å². The smallest absolute Gasteiger partial charge is 0.278 e. The summed E-state index contributed by atoms with van der Waals surface area (Å²) in [6, 6.07) is 13.3. The van der Waals surface area contributed by atoms with Crippen molar-refractivity contribution in [2.75, 3.05) is 26.3 Å². The minimum atomic E-state index is -0.445. The van der Waals surface area contributed by atoms with E-state index < -0.39 is 17.6 Å². The Kier molecular flexibility index (Phi) is 6.04. The quantitative estimate of drug-likeness (QED) is 0.667. The van der Waals surface area contributed by atoms with Gasteiger partial charge in [-0.1, -0.05) is 30.3 Å². The molecule has 7 heteroatoms. The van der Waals surface area contributed by atoms with E-state index in [4.69, 9.17) is 9.47 Å². The summed E-state index contributed by atoms with van der Waals surface area (Å²) in [7, 11) is 0. The second-order valence-corrected chi connectivity index (χ2v) is 7.80. The van der Waals surface area contributed by atoms with Gasteiger partial charge in [0, 0.05) is 18.7 Å². The zero-order valence-corrected chi connectivity index (χ0v) is 17.6. The molecule has 4 rings (SSSR count). The number of halogens is 1. The molecule has 2 aliphatic rings. The Hall–Kier alpha value is -3.19. The summed E-state index contributed by atoms with van der Waals surface area (Å²) in [6.07, 6.45) is 0.0277. The van der Waals surface area contributed by atoms with Crippen LogP contribution in [0.4, 0.5) is 4.39 Å². The molecular weight excluding hydrogens is 399 g/mol. The number of carbonyl (C=O) groups excluding carboxylic acids is 2. The fraction of sp³-hybridized carbons (Fsp3) is 0.333. The van der Waals surface area contributed by atoms with Crippen LogP contribution in [0.1, 0.15) is 25.0 Å². The third-order valence-electron chi connectivity index (χ3n) is 5.27. The summed E-state index contributed by atoms with van der Waals surface area (Å²) in [5.74, 6) is -0.591. The summed E-state index contributed by atoms with van der Waals surface area (Å²) in [6.45, 7) is 5.75. The number of amides is 2. The van der Waals surface area contributed by atoms with Gasteiger partial charge >= 0.3 is 0 Å². The van der Waals surface area contributed by atoms with Crippen LogP contribution in [0, 0.1) is 5.82 Å². The lowest BCUT2D eigenvalue weighted by Crippen LogP contribution is -2.40. The SMILES string of the molecule is CC(C)Oc1ccc(C2=C(N3CCOCC3)C(=O)N(Cc3ccccc3F)C2=O)cc1.